The van der Waals surface area contributed by atoms with Crippen LogP contribution in [0.2, 0.25) is 0 Å². The molecule has 0 unspecified atom stereocenters. The summed E-state index contributed by atoms with van der Waals surface area (Å²) in [4.78, 5) is 0. The molecule has 0 radical (unpaired) electrons. The van der Waals surface area contributed by atoms with Gasteiger partial charge >= 0.3 is 0 Å². The van der Waals surface area contributed by atoms with Crippen LogP contribution >= 0.6 is 0 Å². The van der Waals surface area contributed by atoms with E-state index in [2.05, 4.69) is 12.6 Å². The van der Waals surface area contributed by atoms with E-state index in [-0.39, 0.29) is 5.41 Å². The van der Waals surface area contributed by atoms with Gasteiger partial charge in [-0.2, -0.15) is 5.26 Å². The highest BCUT2D eigenvalue weighted by Crippen LogP contribution is 2.17. The molecule has 0 aliphatic carbocycles. The van der Waals surface area contributed by atoms with Crippen LogP contribution in [-0.4, -0.2) is 13.2 Å². The van der Waals surface area contributed by atoms with Crippen molar-refractivity contribution in [3.05, 3.63) is 12.7 Å². The summed E-state index contributed by atoms with van der Waals surface area (Å²) in [5.74, 6) is 0. The highest BCUT2D eigenvalue weighted by Gasteiger charge is 2.15. The maximum absolute atomic E-state index is 8.62. The first-order valence-corrected chi connectivity index (χ1v) is 3.72. The molecule has 0 bridgehead atoms. The summed E-state index contributed by atoms with van der Waals surface area (Å²) in [7, 11) is 0. The Morgan fingerprint density at radius 2 is 2.27 bits per heavy atom. The van der Waals surface area contributed by atoms with E-state index < -0.39 is 0 Å². The minimum Gasteiger partial charge on any atom is -0.377 e. The van der Waals surface area contributed by atoms with Gasteiger partial charge < -0.3 is 4.74 Å². The third-order valence-electron chi connectivity index (χ3n) is 1.41. The van der Waals surface area contributed by atoms with Crippen molar-refractivity contribution in [3.8, 4) is 6.07 Å². The van der Waals surface area contributed by atoms with Crippen LogP contribution in [0.1, 0.15) is 20.3 Å². The maximum atomic E-state index is 8.62. The topological polar surface area (TPSA) is 33.0 Å². The van der Waals surface area contributed by atoms with Crippen LogP contribution < -0.4 is 0 Å². The zero-order valence-corrected chi connectivity index (χ0v) is 7.26. The van der Waals surface area contributed by atoms with Crippen LogP contribution in [0.5, 0.6) is 0 Å². The van der Waals surface area contributed by atoms with E-state index in [0.717, 1.165) is 6.42 Å². The molecule has 0 rings (SSSR count). The van der Waals surface area contributed by atoms with Crippen LogP contribution in [0, 0.1) is 16.7 Å². The van der Waals surface area contributed by atoms with Gasteiger partial charge in [-0.1, -0.05) is 6.08 Å². The second-order valence-electron chi connectivity index (χ2n) is 3.11. The molecule has 0 aliphatic rings. The first-order chi connectivity index (χ1) is 5.12. The molecular formula is C9H15NO. The number of rotatable bonds is 5. The highest BCUT2D eigenvalue weighted by molar-refractivity contribution is 4.91. The molecule has 2 nitrogen and oxygen atoms in total. The largest absolute Gasteiger partial charge is 0.377 e. The van der Waals surface area contributed by atoms with Gasteiger partial charge in [-0.05, 0) is 20.3 Å². The normalized spacial score (nSPS) is 10.6. The van der Waals surface area contributed by atoms with Crippen LogP contribution in [-0.2, 0) is 4.74 Å². The summed E-state index contributed by atoms with van der Waals surface area (Å²) >= 11 is 0. The molecule has 0 N–H and O–H groups in total. The molecule has 0 saturated carbocycles. The zero-order valence-electron chi connectivity index (χ0n) is 7.26. The SMILES string of the molecule is C=CCOCCC(C)(C)C#N. The molecule has 0 aromatic carbocycles. The molecular weight excluding hydrogens is 138 g/mol. The summed E-state index contributed by atoms with van der Waals surface area (Å²) in [6.45, 7) is 8.54. The average Bonchev–Trinajstić information content (AvgIpc) is 1.99. The minimum atomic E-state index is -0.263. The van der Waals surface area contributed by atoms with Gasteiger partial charge in [0.2, 0.25) is 0 Å². The Labute approximate surface area is 68.5 Å². The van der Waals surface area contributed by atoms with Crippen LogP contribution in [0.25, 0.3) is 0 Å². The summed E-state index contributed by atoms with van der Waals surface area (Å²) in [5.41, 5.74) is -0.263. The fraction of sp³-hybridized carbons (Fsp3) is 0.667. The van der Waals surface area contributed by atoms with E-state index in [9.17, 15) is 0 Å². The van der Waals surface area contributed by atoms with Crippen LogP contribution in [0.4, 0.5) is 0 Å². The lowest BCUT2D eigenvalue weighted by Crippen LogP contribution is -2.11. The van der Waals surface area contributed by atoms with E-state index in [0.29, 0.717) is 13.2 Å². The Kier molecular flexibility index (Phi) is 4.56. The quantitative estimate of drug-likeness (QED) is 0.447. The highest BCUT2D eigenvalue weighted by atomic mass is 16.5. The fourth-order valence-electron chi connectivity index (χ4n) is 0.550. The predicted octanol–water partition coefficient (Wildman–Crippen LogP) is 2.13. The molecule has 0 saturated heterocycles. The molecule has 0 atom stereocenters. The Morgan fingerprint density at radius 1 is 1.64 bits per heavy atom. The van der Waals surface area contributed by atoms with E-state index in [1.807, 2.05) is 13.8 Å². The van der Waals surface area contributed by atoms with Gasteiger partial charge in [0.25, 0.3) is 0 Å². The van der Waals surface area contributed by atoms with Crippen molar-refractivity contribution in [3.63, 3.8) is 0 Å². The maximum Gasteiger partial charge on any atom is 0.0684 e. The molecule has 0 aliphatic heterocycles. The van der Waals surface area contributed by atoms with Gasteiger partial charge in [-0.3, -0.25) is 0 Å². The third-order valence-corrected chi connectivity index (χ3v) is 1.41. The molecule has 0 amide bonds. The average molecular weight is 153 g/mol. The molecule has 0 heterocycles. The van der Waals surface area contributed by atoms with Gasteiger partial charge in [0, 0.05) is 6.61 Å². The van der Waals surface area contributed by atoms with Gasteiger partial charge in [0.05, 0.1) is 18.1 Å². The lowest BCUT2D eigenvalue weighted by molar-refractivity contribution is 0.139. The van der Waals surface area contributed by atoms with Crippen molar-refractivity contribution in [1.82, 2.24) is 0 Å². The third kappa shape index (κ3) is 5.63. The number of hydrogen-bond donors (Lipinski definition) is 0. The Morgan fingerprint density at radius 3 is 2.73 bits per heavy atom. The smallest absolute Gasteiger partial charge is 0.0684 e. The van der Waals surface area contributed by atoms with Gasteiger partial charge in [-0.25, -0.2) is 0 Å². The zero-order chi connectivity index (χ0) is 8.74. The van der Waals surface area contributed by atoms with E-state index in [1.54, 1.807) is 6.08 Å². The van der Waals surface area contributed by atoms with Gasteiger partial charge in [-0.15, -0.1) is 6.58 Å². The predicted molar refractivity (Wildman–Crippen MR) is 45.0 cm³/mol. The molecule has 11 heavy (non-hydrogen) atoms. The van der Waals surface area contributed by atoms with Crippen molar-refractivity contribution in [2.75, 3.05) is 13.2 Å². The van der Waals surface area contributed by atoms with Crippen LogP contribution in [0.3, 0.4) is 0 Å². The summed E-state index contributed by atoms with van der Waals surface area (Å²) in [6.07, 6.45) is 2.48. The molecule has 62 valence electrons. The van der Waals surface area contributed by atoms with Gasteiger partial charge in [0.15, 0.2) is 0 Å². The Bertz CT molecular complexity index is 155. The standard InChI is InChI=1S/C9H15NO/c1-4-6-11-7-5-9(2,3)8-10/h4H,1,5-7H2,2-3H3. The monoisotopic (exact) mass is 153 g/mol. The van der Waals surface area contributed by atoms with Crippen molar-refractivity contribution >= 4 is 0 Å². The second-order valence-corrected chi connectivity index (χ2v) is 3.11. The number of nitriles is 1. The van der Waals surface area contributed by atoms with Crippen molar-refractivity contribution in [1.29, 1.82) is 5.26 Å². The molecule has 0 spiro atoms. The summed E-state index contributed by atoms with van der Waals surface area (Å²) < 4.78 is 5.15. The first-order valence-electron chi connectivity index (χ1n) is 3.72. The molecule has 0 fully saturated rings. The Balaban J connectivity index is 3.39. The lowest BCUT2D eigenvalue weighted by Gasteiger charge is -2.13. The molecule has 0 aromatic rings. The van der Waals surface area contributed by atoms with E-state index in [1.165, 1.54) is 0 Å². The van der Waals surface area contributed by atoms with Crippen molar-refractivity contribution in [2.45, 2.75) is 20.3 Å². The minimum absolute atomic E-state index is 0.263. The fourth-order valence-corrected chi connectivity index (χ4v) is 0.550. The van der Waals surface area contributed by atoms with Crippen molar-refractivity contribution in [2.24, 2.45) is 5.41 Å². The number of ether oxygens (including phenoxy) is 1. The summed E-state index contributed by atoms with van der Waals surface area (Å²) in [5, 5.41) is 8.62. The molecule has 2 heteroatoms. The molecule has 0 aromatic heterocycles. The second kappa shape index (κ2) is 4.92. The number of nitrogens with zero attached hydrogens (tertiary/aromatic N) is 1. The van der Waals surface area contributed by atoms with Gasteiger partial charge in [0.1, 0.15) is 0 Å². The first kappa shape index (κ1) is 10.2. The van der Waals surface area contributed by atoms with E-state index >= 15 is 0 Å². The van der Waals surface area contributed by atoms with Crippen molar-refractivity contribution < 1.29 is 4.74 Å². The Hall–Kier alpha value is -0.810. The van der Waals surface area contributed by atoms with Crippen LogP contribution in [0.15, 0.2) is 12.7 Å². The number of hydrogen-bond acceptors (Lipinski definition) is 2. The lowest BCUT2D eigenvalue weighted by atomic mass is 9.92. The van der Waals surface area contributed by atoms with E-state index in [4.69, 9.17) is 10.00 Å². The summed E-state index contributed by atoms with van der Waals surface area (Å²) in [6, 6.07) is 2.21.